The highest BCUT2D eigenvalue weighted by Gasteiger charge is 2.47. The van der Waals surface area contributed by atoms with Gasteiger partial charge in [0.2, 0.25) is 15.9 Å². The minimum Gasteiger partial charge on any atom is -0.274 e. The predicted molar refractivity (Wildman–Crippen MR) is 126 cm³/mol. The number of anilines is 1. The van der Waals surface area contributed by atoms with Crippen molar-refractivity contribution in [3.8, 4) is 0 Å². The van der Waals surface area contributed by atoms with Crippen LogP contribution in [0.5, 0.6) is 0 Å². The molecule has 7 nitrogen and oxygen atoms in total. The topological polar surface area (TPSA) is 87.7 Å². The first-order valence-electron chi connectivity index (χ1n) is 9.98. The zero-order valence-corrected chi connectivity index (χ0v) is 19.8. The Bertz CT molecular complexity index is 1320. The largest absolute Gasteiger partial charge is 0.274 e. The van der Waals surface area contributed by atoms with Crippen LogP contribution in [0.2, 0.25) is 10.0 Å². The number of carbonyl (C=O) groups excluding carboxylic acids is 2. The Kier molecular flexibility index (Phi) is 6.54. The van der Waals surface area contributed by atoms with Crippen molar-refractivity contribution in [2.75, 3.05) is 4.90 Å². The number of aromatic nitrogens is 1. The van der Waals surface area contributed by atoms with E-state index in [0.717, 1.165) is 14.8 Å². The zero-order chi connectivity index (χ0) is 23.8. The van der Waals surface area contributed by atoms with E-state index >= 15 is 0 Å². The van der Waals surface area contributed by atoms with E-state index in [1.54, 1.807) is 42.6 Å². The maximum atomic E-state index is 13.7. The zero-order valence-electron chi connectivity index (χ0n) is 17.5. The van der Waals surface area contributed by atoms with Gasteiger partial charge in [0.1, 0.15) is 10.9 Å². The summed E-state index contributed by atoms with van der Waals surface area (Å²) in [5.41, 5.74) is 1.90. The molecule has 2 amide bonds. The Hall–Kier alpha value is -2.78. The number of sulfonamides is 1. The number of carbonyl (C=O) groups is 2. The van der Waals surface area contributed by atoms with E-state index in [1.807, 2.05) is 6.92 Å². The Morgan fingerprint density at radius 3 is 2.48 bits per heavy atom. The summed E-state index contributed by atoms with van der Waals surface area (Å²) in [7, 11) is -4.32. The van der Waals surface area contributed by atoms with Crippen LogP contribution in [0.1, 0.15) is 17.5 Å². The van der Waals surface area contributed by atoms with Crippen molar-refractivity contribution in [2.24, 2.45) is 0 Å². The van der Waals surface area contributed by atoms with E-state index < -0.39 is 27.9 Å². The fourth-order valence-corrected chi connectivity index (χ4v) is 5.95. The minimum absolute atomic E-state index is 0.0391. The van der Waals surface area contributed by atoms with Gasteiger partial charge < -0.3 is 0 Å². The van der Waals surface area contributed by atoms with Gasteiger partial charge in [0.05, 0.1) is 17.1 Å². The van der Waals surface area contributed by atoms with E-state index in [0.29, 0.717) is 11.3 Å². The third kappa shape index (κ3) is 4.65. The molecule has 2 aromatic carbocycles. The number of hydrogen-bond acceptors (Lipinski definition) is 5. The second-order valence-corrected chi connectivity index (χ2v) is 10.3. The van der Waals surface area contributed by atoms with E-state index in [2.05, 4.69) is 4.98 Å². The standard InChI is InChI=1S/C23H19Cl2N3O4S/c1-15-4-7-18(8-5-15)28-22(29)12-20(23(28)30)27(14-16-3-2-10-26-13-16)33(31,32)21-11-17(24)6-9-19(21)25/h2-11,13,20H,12,14H2,1H3. The van der Waals surface area contributed by atoms with Crippen LogP contribution in [0.15, 0.2) is 71.9 Å². The van der Waals surface area contributed by atoms with Crippen molar-refractivity contribution in [3.63, 3.8) is 0 Å². The maximum absolute atomic E-state index is 13.7. The Balaban J connectivity index is 1.78. The first kappa shape index (κ1) is 23.4. The normalized spacial score (nSPS) is 16.6. The Morgan fingerprint density at radius 1 is 1.09 bits per heavy atom. The third-order valence-corrected chi connectivity index (χ3v) is 7.88. The average molecular weight is 504 g/mol. The molecule has 4 rings (SSSR count). The first-order chi connectivity index (χ1) is 15.7. The monoisotopic (exact) mass is 503 g/mol. The highest BCUT2D eigenvalue weighted by molar-refractivity contribution is 7.89. The Labute approximate surface area is 201 Å². The van der Waals surface area contributed by atoms with Crippen LogP contribution in [-0.2, 0) is 26.2 Å². The second kappa shape index (κ2) is 9.23. The fraction of sp³-hybridized carbons (Fsp3) is 0.174. The maximum Gasteiger partial charge on any atom is 0.252 e. The van der Waals surface area contributed by atoms with Crippen molar-refractivity contribution >= 4 is 50.7 Å². The molecule has 0 N–H and O–H groups in total. The SMILES string of the molecule is Cc1ccc(N2C(=O)CC(N(Cc3cccnc3)S(=O)(=O)c3cc(Cl)ccc3Cl)C2=O)cc1. The summed E-state index contributed by atoms with van der Waals surface area (Å²) in [6.45, 7) is 1.71. The van der Waals surface area contributed by atoms with Gasteiger partial charge in [0.15, 0.2) is 0 Å². The summed E-state index contributed by atoms with van der Waals surface area (Å²) in [5.74, 6) is -1.12. The molecule has 1 atom stereocenters. The summed E-state index contributed by atoms with van der Waals surface area (Å²) in [4.78, 5) is 31.0. The van der Waals surface area contributed by atoms with Crippen LogP contribution in [0, 0.1) is 6.92 Å². The number of hydrogen-bond donors (Lipinski definition) is 0. The van der Waals surface area contributed by atoms with E-state index in [4.69, 9.17) is 23.2 Å². The Morgan fingerprint density at radius 2 is 1.82 bits per heavy atom. The first-order valence-corrected chi connectivity index (χ1v) is 12.2. The predicted octanol–water partition coefficient (Wildman–Crippen LogP) is 4.22. The fourth-order valence-electron chi connectivity index (χ4n) is 3.64. The highest BCUT2D eigenvalue weighted by Crippen LogP contribution is 2.34. The van der Waals surface area contributed by atoms with Crippen molar-refractivity contribution in [2.45, 2.75) is 30.8 Å². The minimum atomic E-state index is -4.32. The number of imide groups is 1. The molecular weight excluding hydrogens is 485 g/mol. The molecule has 1 aromatic heterocycles. The van der Waals surface area contributed by atoms with Crippen LogP contribution in [-0.4, -0.2) is 35.6 Å². The van der Waals surface area contributed by atoms with Crippen molar-refractivity contribution in [1.82, 2.24) is 9.29 Å². The molecule has 33 heavy (non-hydrogen) atoms. The molecule has 0 aliphatic carbocycles. The molecule has 1 fully saturated rings. The number of nitrogens with zero attached hydrogens (tertiary/aromatic N) is 3. The quantitative estimate of drug-likeness (QED) is 0.470. The van der Waals surface area contributed by atoms with Gasteiger partial charge in [-0.3, -0.25) is 14.6 Å². The van der Waals surface area contributed by atoms with E-state index in [9.17, 15) is 18.0 Å². The third-order valence-electron chi connectivity index (χ3n) is 5.30. The lowest BCUT2D eigenvalue weighted by Crippen LogP contribution is -2.45. The van der Waals surface area contributed by atoms with Crippen molar-refractivity contribution in [1.29, 1.82) is 0 Å². The molecule has 1 saturated heterocycles. The van der Waals surface area contributed by atoms with Crippen LogP contribution in [0.25, 0.3) is 0 Å². The lowest BCUT2D eigenvalue weighted by atomic mass is 10.2. The molecule has 1 unspecified atom stereocenters. The van der Waals surface area contributed by atoms with Crippen LogP contribution >= 0.6 is 23.2 Å². The number of rotatable bonds is 6. The smallest absolute Gasteiger partial charge is 0.252 e. The van der Waals surface area contributed by atoms with Crippen molar-refractivity contribution < 1.29 is 18.0 Å². The number of halogens is 2. The lowest BCUT2D eigenvalue weighted by Gasteiger charge is -2.27. The summed E-state index contributed by atoms with van der Waals surface area (Å²) < 4.78 is 28.4. The highest BCUT2D eigenvalue weighted by atomic mass is 35.5. The molecule has 1 aliphatic heterocycles. The summed E-state index contributed by atoms with van der Waals surface area (Å²) in [6.07, 6.45) is 2.75. The number of pyridine rings is 1. The van der Waals surface area contributed by atoms with Crippen LogP contribution in [0.3, 0.4) is 0 Å². The van der Waals surface area contributed by atoms with Gasteiger partial charge in [0, 0.05) is 24.0 Å². The van der Waals surface area contributed by atoms with E-state index in [-0.39, 0.29) is 27.9 Å². The molecular formula is C23H19Cl2N3O4S. The molecule has 170 valence electrons. The molecule has 0 spiro atoms. The van der Waals surface area contributed by atoms with Crippen LogP contribution in [0.4, 0.5) is 5.69 Å². The van der Waals surface area contributed by atoms with Gasteiger partial charge in [-0.15, -0.1) is 0 Å². The van der Waals surface area contributed by atoms with Gasteiger partial charge in [0.25, 0.3) is 5.91 Å². The summed E-state index contributed by atoms with van der Waals surface area (Å²) >= 11 is 12.2. The lowest BCUT2D eigenvalue weighted by molar-refractivity contribution is -0.122. The number of aryl methyl sites for hydroxylation is 1. The van der Waals surface area contributed by atoms with Gasteiger partial charge in [-0.05, 0) is 48.9 Å². The molecule has 0 saturated carbocycles. The van der Waals surface area contributed by atoms with Crippen molar-refractivity contribution in [3.05, 3.63) is 88.2 Å². The summed E-state index contributed by atoms with van der Waals surface area (Å²) in [6, 6.07) is 13.0. The average Bonchev–Trinajstić information content (AvgIpc) is 3.08. The molecule has 10 heteroatoms. The molecule has 2 heterocycles. The van der Waals surface area contributed by atoms with E-state index in [1.165, 1.54) is 24.4 Å². The second-order valence-electron chi connectivity index (χ2n) is 7.61. The van der Waals surface area contributed by atoms with Gasteiger partial charge in [-0.2, -0.15) is 4.31 Å². The molecule has 0 radical (unpaired) electrons. The molecule has 1 aliphatic rings. The summed E-state index contributed by atoms with van der Waals surface area (Å²) in [5, 5.41) is 0.136. The molecule has 3 aromatic rings. The van der Waals surface area contributed by atoms with Gasteiger partial charge >= 0.3 is 0 Å². The van der Waals surface area contributed by atoms with Gasteiger partial charge in [-0.1, -0.05) is 47.0 Å². The molecule has 0 bridgehead atoms. The van der Waals surface area contributed by atoms with Gasteiger partial charge in [-0.25, -0.2) is 13.3 Å². The number of benzene rings is 2. The van der Waals surface area contributed by atoms with Crippen LogP contribution < -0.4 is 4.90 Å². The number of amides is 2.